The molecule has 3 N–H and O–H groups in total. The predicted molar refractivity (Wildman–Crippen MR) is 116 cm³/mol. The molecule has 0 saturated carbocycles. The highest BCUT2D eigenvalue weighted by Crippen LogP contribution is 2.28. The molecule has 1 atom stereocenters. The third-order valence-corrected chi connectivity index (χ3v) is 5.06. The van der Waals surface area contributed by atoms with E-state index in [0.717, 1.165) is 33.2 Å². The van der Waals surface area contributed by atoms with Crippen molar-refractivity contribution in [3.63, 3.8) is 0 Å². The van der Waals surface area contributed by atoms with Gasteiger partial charge in [0.15, 0.2) is 0 Å². The van der Waals surface area contributed by atoms with Crippen LogP contribution in [-0.2, 0) is 0 Å². The minimum atomic E-state index is -0.0977. The van der Waals surface area contributed by atoms with Gasteiger partial charge >= 0.3 is 0 Å². The fraction of sp³-hybridized carbons (Fsp3) is 0.125. The molecule has 0 aliphatic carbocycles. The second-order valence-electron chi connectivity index (χ2n) is 7.14. The van der Waals surface area contributed by atoms with Gasteiger partial charge in [-0.3, -0.25) is 4.79 Å². The first-order chi connectivity index (χ1) is 14.0. The molecule has 5 nitrogen and oxygen atoms in total. The van der Waals surface area contributed by atoms with E-state index in [1.54, 1.807) is 6.20 Å². The van der Waals surface area contributed by atoms with Gasteiger partial charge in [0.25, 0.3) is 5.91 Å². The Morgan fingerprint density at radius 3 is 2.62 bits per heavy atom. The number of nitrogens with zero attached hydrogens (tertiary/aromatic N) is 2. The van der Waals surface area contributed by atoms with Crippen molar-refractivity contribution in [1.82, 2.24) is 15.3 Å². The van der Waals surface area contributed by atoms with E-state index in [9.17, 15) is 4.79 Å². The number of carbonyl (C=O) groups excluding carboxylic acids is 1. The van der Waals surface area contributed by atoms with E-state index in [1.165, 1.54) is 0 Å². The quantitative estimate of drug-likeness (QED) is 0.537. The lowest BCUT2D eigenvalue weighted by molar-refractivity contribution is 0.0940. The summed E-state index contributed by atoms with van der Waals surface area (Å²) in [5.41, 5.74) is 11.3. The molecule has 0 unspecified atom stereocenters. The number of hydrogen-bond acceptors (Lipinski definition) is 4. The largest absolute Gasteiger partial charge is 0.368 e. The molecule has 4 rings (SSSR count). The minimum absolute atomic E-state index is 0.0725. The van der Waals surface area contributed by atoms with Crippen molar-refractivity contribution in [3.8, 4) is 11.1 Å². The van der Waals surface area contributed by atoms with Gasteiger partial charge in [0.05, 0.1) is 11.6 Å². The Kier molecular flexibility index (Phi) is 4.96. The number of anilines is 1. The molecule has 0 aliphatic rings. The standard InChI is InChI=1S/C24H22N4O/c1-15-8-9-19(23(29)27-16(2)17-6-4-3-5-7-17)13-21(15)18-10-11-22-20(12-18)14-26-24(25)28-22/h3-14,16H,1-2H3,(H,27,29)(H2,25,26,28)/t16-/m1/s1. The van der Waals surface area contributed by atoms with E-state index < -0.39 is 0 Å². The molecule has 0 spiro atoms. The molecule has 4 aromatic rings. The summed E-state index contributed by atoms with van der Waals surface area (Å²) in [7, 11) is 0. The molecule has 144 valence electrons. The molecule has 0 saturated heterocycles. The third-order valence-electron chi connectivity index (χ3n) is 5.06. The van der Waals surface area contributed by atoms with Crippen LogP contribution in [0.1, 0.15) is 34.5 Å². The molecule has 3 aromatic carbocycles. The molecule has 0 aliphatic heterocycles. The van der Waals surface area contributed by atoms with Crippen molar-refractivity contribution in [2.45, 2.75) is 19.9 Å². The van der Waals surface area contributed by atoms with Crippen LogP contribution in [0.15, 0.2) is 72.9 Å². The Morgan fingerprint density at radius 1 is 1.03 bits per heavy atom. The van der Waals surface area contributed by atoms with E-state index >= 15 is 0 Å². The van der Waals surface area contributed by atoms with Gasteiger partial charge in [0.2, 0.25) is 5.95 Å². The summed E-state index contributed by atoms with van der Waals surface area (Å²) in [6.45, 7) is 4.02. The van der Waals surface area contributed by atoms with Crippen molar-refractivity contribution in [1.29, 1.82) is 0 Å². The molecular formula is C24H22N4O. The average Bonchev–Trinajstić information content (AvgIpc) is 2.74. The van der Waals surface area contributed by atoms with Gasteiger partial charge in [0, 0.05) is 17.1 Å². The van der Waals surface area contributed by atoms with Crippen LogP contribution in [0.5, 0.6) is 0 Å². The zero-order chi connectivity index (χ0) is 20.4. The molecule has 1 heterocycles. The number of aryl methyl sites for hydroxylation is 1. The first-order valence-electron chi connectivity index (χ1n) is 9.50. The Bertz CT molecular complexity index is 1190. The first-order valence-corrected chi connectivity index (χ1v) is 9.50. The van der Waals surface area contributed by atoms with Crippen LogP contribution in [0.4, 0.5) is 5.95 Å². The van der Waals surface area contributed by atoms with Gasteiger partial charge in [0.1, 0.15) is 0 Å². The average molecular weight is 382 g/mol. The highest BCUT2D eigenvalue weighted by Gasteiger charge is 2.13. The second kappa shape index (κ2) is 7.72. The summed E-state index contributed by atoms with van der Waals surface area (Å²) in [5, 5.41) is 3.98. The Labute approximate surface area is 169 Å². The molecule has 0 radical (unpaired) electrons. The second-order valence-corrected chi connectivity index (χ2v) is 7.14. The molecule has 5 heteroatoms. The summed E-state index contributed by atoms with van der Waals surface area (Å²) in [5.74, 6) is 0.159. The highest BCUT2D eigenvalue weighted by atomic mass is 16.1. The number of nitrogen functional groups attached to an aromatic ring is 1. The van der Waals surface area contributed by atoms with Gasteiger partial charge in [-0.2, -0.15) is 0 Å². The smallest absolute Gasteiger partial charge is 0.251 e. The van der Waals surface area contributed by atoms with Crippen molar-refractivity contribution >= 4 is 22.8 Å². The lowest BCUT2D eigenvalue weighted by Crippen LogP contribution is -2.26. The maximum Gasteiger partial charge on any atom is 0.251 e. The van der Waals surface area contributed by atoms with Gasteiger partial charge < -0.3 is 11.1 Å². The SMILES string of the molecule is Cc1ccc(C(=O)N[C@H](C)c2ccccc2)cc1-c1ccc2nc(N)ncc2c1. The topological polar surface area (TPSA) is 80.9 Å². The Balaban J connectivity index is 1.64. The van der Waals surface area contributed by atoms with Crippen LogP contribution >= 0.6 is 0 Å². The summed E-state index contributed by atoms with van der Waals surface area (Å²) in [4.78, 5) is 21.1. The lowest BCUT2D eigenvalue weighted by atomic mass is 9.96. The van der Waals surface area contributed by atoms with Gasteiger partial charge in [-0.1, -0.05) is 42.5 Å². The minimum Gasteiger partial charge on any atom is -0.368 e. The number of fused-ring (bicyclic) bond motifs is 1. The number of nitrogens with two attached hydrogens (primary N) is 1. The van der Waals surface area contributed by atoms with Crippen LogP contribution in [0, 0.1) is 6.92 Å². The fourth-order valence-corrected chi connectivity index (χ4v) is 3.39. The maximum atomic E-state index is 12.8. The van der Waals surface area contributed by atoms with Crippen LogP contribution in [0.25, 0.3) is 22.0 Å². The van der Waals surface area contributed by atoms with E-state index in [-0.39, 0.29) is 17.9 Å². The van der Waals surface area contributed by atoms with Crippen LogP contribution < -0.4 is 11.1 Å². The van der Waals surface area contributed by atoms with Crippen LogP contribution in [0.2, 0.25) is 0 Å². The first kappa shape index (κ1) is 18.6. The number of aromatic nitrogens is 2. The molecule has 1 amide bonds. The van der Waals surface area contributed by atoms with Crippen LogP contribution in [0.3, 0.4) is 0 Å². The van der Waals surface area contributed by atoms with Gasteiger partial charge in [-0.05, 0) is 60.4 Å². The van der Waals surface area contributed by atoms with Crippen molar-refractivity contribution in [3.05, 3.63) is 89.6 Å². The fourth-order valence-electron chi connectivity index (χ4n) is 3.39. The highest BCUT2D eigenvalue weighted by molar-refractivity contribution is 5.96. The normalized spacial score (nSPS) is 11.9. The van der Waals surface area contributed by atoms with Crippen molar-refractivity contribution in [2.75, 3.05) is 5.73 Å². The summed E-state index contributed by atoms with van der Waals surface area (Å²) < 4.78 is 0. The molecule has 1 aromatic heterocycles. The van der Waals surface area contributed by atoms with Gasteiger partial charge in [-0.15, -0.1) is 0 Å². The van der Waals surface area contributed by atoms with E-state index in [1.807, 2.05) is 80.6 Å². The zero-order valence-electron chi connectivity index (χ0n) is 16.4. The number of benzene rings is 3. The third kappa shape index (κ3) is 3.94. The molecule has 29 heavy (non-hydrogen) atoms. The maximum absolute atomic E-state index is 12.8. The Morgan fingerprint density at radius 2 is 1.83 bits per heavy atom. The summed E-state index contributed by atoms with van der Waals surface area (Å²) >= 11 is 0. The Hall–Kier alpha value is -3.73. The van der Waals surface area contributed by atoms with Crippen molar-refractivity contribution in [2.24, 2.45) is 0 Å². The zero-order valence-corrected chi connectivity index (χ0v) is 16.4. The number of rotatable bonds is 4. The van der Waals surface area contributed by atoms with E-state index in [2.05, 4.69) is 15.3 Å². The van der Waals surface area contributed by atoms with Crippen molar-refractivity contribution < 1.29 is 4.79 Å². The lowest BCUT2D eigenvalue weighted by Gasteiger charge is -2.15. The molecule has 0 bridgehead atoms. The summed E-state index contributed by atoms with van der Waals surface area (Å²) in [6.07, 6.45) is 1.72. The number of nitrogens with one attached hydrogen (secondary N) is 1. The summed E-state index contributed by atoms with van der Waals surface area (Å²) in [6, 6.07) is 21.6. The number of hydrogen-bond donors (Lipinski definition) is 2. The van der Waals surface area contributed by atoms with Crippen LogP contribution in [-0.4, -0.2) is 15.9 Å². The molecule has 0 fully saturated rings. The monoisotopic (exact) mass is 382 g/mol. The predicted octanol–water partition coefficient (Wildman–Crippen LogP) is 4.68. The van der Waals surface area contributed by atoms with E-state index in [4.69, 9.17) is 5.73 Å². The molecular weight excluding hydrogens is 360 g/mol. The number of carbonyl (C=O) groups is 1. The van der Waals surface area contributed by atoms with E-state index in [0.29, 0.717) is 5.56 Å². The number of amides is 1. The van der Waals surface area contributed by atoms with Gasteiger partial charge in [-0.25, -0.2) is 9.97 Å².